The largest absolute Gasteiger partial charge is 0.496 e. The number of hydrogen-bond donors (Lipinski definition) is 4. The fourth-order valence-corrected chi connectivity index (χ4v) is 18.5. The number of ketones is 4. The minimum atomic E-state index is -0.885. The van der Waals surface area contributed by atoms with E-state index in [1.54, 1.807) is 89.9 Å². The lowest BCUT2D eigenvalue weighted by Crippen LogP contribution is -2.40. The van der Waals surface area contributed by atoms with Gasteiger partial charge in [-0.05, 0) is 141 Å². The van der Waals surface area contributed by atoms with Crippen molar-refractivity contribution < 1.29 is 93.6 Å². The van der Waals surface area contributed by atoms with Gasteiger partial charge >= 0.3 is 0 Å². The Morgan fingerprint density at radius 2 is 0.613 bits per heavy atom. The van der Waals surface area contributed by atoms with E-state index in [4.69, 9.17) is 73.4 Å². The molecule has 37 heteroatoms. The van der Waals surface area contributed by atoms with E-state index in [9.17, 15) is 28.0 Å². The van der Waals surface area contributed by atoms with Crippen LogP contribution in [0, 0.1) is 46.9 Å². The number of halogens is 5. The standard InChI is InChI=1S/C27H29ClN4O4.C27H29FN4O4.C27H31FN4O4.C24H24F2N4O4/c2*1-4-18(33)9-16-7-8-36-14-21(16)32-27-30-12-17-10-19(29-13-20(17)31-27)25-24(15-5-6-15)22(34-2)11-23(35-3)26(25)28;1-6-18(33)9-16-7-8-36-14-21(16)32-27-30-12-17-10-19(29-13-20(17)31-27)25-24(15(2)3)22(34-4)11-23(35-5)26(25)28;1-4-15(31)7-13-5-6-34-12-18(13)30-24-28-10-14-8-16(27-11-17(14)29-24)21-22(25)19(32-2)9-20(33-3)23(21)26/h2*4,10-13,15-16,21H,1,5-9,14H2,2-3H3,(H,30,31,32);6,10-13,15-16,21H,1,7-9,14H2,2-5H3,(H,30,31,32);4,8-11,13,18H,1,5-7,12H2,2-3H3,(H,28,29,30)/t3*16-,21-;13-,18-/m1111/s1. The van der Waals surface area contributed by atoms with Crippen LogP contribution in [0.2, 0.25) is 5.02 Å². The molecule has 4 saturated heterocycles. The number of nitrogens with one attached hydrogen (secondary N) is 4. The number of ether oxygens (including phenoxy) is 12. The molecule has 6 aliphatic rings. The van der Waals surface area contributed by atoms with Gasteiger partial charge in [0.25, 0.3) is 0 Å². The summed E-state index contributed by atoms with van der Waals surface area (Å²) in [5.41, 5.74) is 7.87. The Kier molecular flexibility index (Phi) is 33.9. The minimum absolute atomic E-state index is 0.00651. The van der Waals surface area contributed by atoms with Gasteiger partial charge in [-0.3, -0.25) is 39.1 Å². The van der Waals surface area contributed by atoms with Crippen molar-refractivity contribution >= 4 is 102 Å². The number of hydrogen-bond acceptors (Lipinski definition) is 32. The Labute approximate surface area is 823 Å². The Balaban J connectivity index is 0.000000143. The van der Waals surface area contributed by atoms with E-state index in [1.807, 2.05) is 26.0 Å². The van der Waals surface area contributed by atoms with Crippen LogP contribution in [0.1, 0.15) is 125 Å². The Hall–Kier alpha value is -14.1. The third kappa shape index (κ3) is 23.7. The maximum atomic E-state index is 15.5. The lowest BCUT2D eigenvalue weighted by molar-refractivity contribution is -0.117. The average Bonchev–Trinajstić information content (AvgIpc) is 1.43. The number of pyridine rings is 4. The van der Waals surface area contributed by atoms with Gasteiger partial charge in [-0.15, -0.1) is 0 Å². The molecule has 6 fully saturated rings. The molecule has 12 aromatic rings. The van der Waals surface area contributed by atoms with E-state index in [2.05, 4.69) is 102 Å². The first kappa shape index (κ1) is 102. The molecule has 744 valence electrons. The highest BCUT2D eigenvalue weighted by Crippen LogP contribution is 2.55. The monoisotopic (exact) mass is 1960 g/mol. The first-order chi connectivity index (χ1) is 68.8. The number of benzene rings is 4. The van der Waals surface area contributed by atoms with Gasteiger partial charge in [0.15, 0.2) is 69.4 Å². The third-order valence-electron chi connectivity index (χ3n) is 26.0. The smallest absolute Gasteiger partial charge is 0.223 e. The molecule has 0 spiro atoms. The van der Waals surface area contributed by atoms with Gasteiger partial charge in [0.05, 0.1) is 188 Å². The zero-order valence-corrected chi connectivity index (χ0v) is 81.4. The van der Waals surface area contributed by atoms with Crippen LogP contribution in [0.25, 0.3) is 88.6 Å². The number of carbonyl (C=O) groups excluding carboxylic acids is 4. The van der Waals surface area contributed by atoms with Crippen LogP contribution in [-0.4, -0.2) is 217 Å². The average molecular weight is 1970 g/mol. The van der Waals surface area contributed by atoms with Crippen molar-refractivity contribution in [2.24, 2.45) is 23.7 Å². The normalized spacial score (nSPS) is 18.7. The van der Waals surface area contributed by atoms with E-state index in [-0.39, 0.29) is 117 Å². The predicted octanol–water partition coefficient (Wildman–Crippen LogP) is 18.8. The van der Waals surface area contributed by atoms with E-state index >= 15 is 8.78 Å². The number of anilines is 4. The molecular formula is C105H113ClF4N16O16. The van der Waals surface area contributed by atoms with Crippen molar-refractivity contribution in [1.82, 2.24) is 59.8 Å². The van der Waals surface area contributed by atoms with Crippen molar-refractivity contribution in [3.63, 3.8) is 0 Å². The Morgan fingerprint density at radius 1 is 0.352 bits per heavy atom. The molecule has 8 aromatic heterocycles. The zero-order chi connectivity index (χ0) is 101. The first-order valence-electron chi connectivity index (χ1n) is 46.8. The van der Waals surface area contributed by atoms with E-state index in [0.29, 0.717) is 191 Å². The SMILES string of the molecule is C=CC(=O)C[C@H]1CCOC[C@H]1Nc1ncc2cc(-c3c(Cl)c(OC)cc(OC)c3C3CC3)ncc2n1.C=CC(=O)C[C@H]1CCOC[C@H]1Nc1ncc2cc(-c3c(F)c(OC)cc(OC)c3C(C)C)ncc2n1.C=CC(=O)C[C@H]1CCOC[C@H]1Nc1ncc2cc(-c3c(F)c(OC)cc(OC)c3C3CC3)ncc2n1.C=CC(=O)C[C@H]1CCOC[C@H]1Nc1ncc2cc(-c3c(F)c(OC)cc(OC)c3F)ncc2n1. The summed E-state index contributed by atoms with van der Waals surface area (Å²) >= 11 is 6.79. The molecule has 142 heavy (non-hydrogen) atoms. The second-order valence-corrected chi connectivity index (χ2v) is 35.8. The number of rotatable bonds is 35. The molecule has 8 atom stereocenters. The number of methoxy groups -OCH3 is 8. The zero-order valence-electron chi connectivity index (χ0n) is 80.7. The van der Waals surface area contributed by atoms with Gasteiger partial charge in [-0.1, -0.05) is 51.8 Å². The summed E-state index contributed by atoms with van der Waals surface area (Å²) in [5, 5.41) is 16.5. The Morgan fingerprint density at radius 3 is 0.908 bits per heavy atom. The molecular weight excluding hydrogens is 1850 g/mol. The molecule has 18 rings (SSSR count). The summed E-state index contributed by atoms with van der Waals surface area (Å²) < 4.78 is 126. The Bertz CT molecular complexity index is 6230. The summed E-state index contributed by atoms with van der Waals surface area (Å²) in [4.78, 5) is 102. The molecule has 2 aliphatic carbocycles. The van der Waals surface area contributed by atoms with Crippen molar-refractivity contribution in [2.45, 2.75) is 133 Å². The maximum Gasteiger partial charge on any atom is 0.223 e. The molecule has 32 nitrogen and oxygen atoms in total. The minimum Gasteiger partial charge on any atom is -0.496 e. The molecule has 4 N–H and O–H groups in total. The van der Waals surface area contributed by atoms with Crippen LogP contribution >= 0.6 is 11.6 Å². The van der Waals surface area contributed by atoms with Crippen LogP contribution < -0.4 is 59.2 Å². The second kappa shape index (κ2) is 47.0. The summed E-state index contributed by atoms with van der Waals surface area (Å²) in [6, 6.07) is 12.7. The molecule has 0 amide bonds. The molecule has 0 radical (unpaired) electrons. The van der Waals surface area contributed by atoms with E-state index < -0.39 is 23.3 Å². The summed E-state index contributed by atoms with van der Waals surface area (Å²) in [7, 11) is 11.8. The molecule has 12 heterocycles. The molecule has 2 saturated carbocycles. The van der Waals surface area contributed by atoms with Gasteiger partial charge in [0.1, 0.15) is 23.0 Å². The number of aromatic nitrogens is 12. The predicted molar refractivity (Wildman–Crippen MR) is 531 cm³/mol. The quantitative estimate of drug-likeness (QED) is 0.0212. The highest BCUT2D eigenvalue weighted by molar-refractivity contribution is 6.35. The summed E-state index contributed by atoms with van der Waals surface area (Å²) in [6.07, 6.45) is 27.2. The molecule has 0 unspecified atom stereocenters. The maximum absolute atomic E-state index is 15.5. The molecule has 4 aromatic carbocycles. The lowest BCUT2D eigenvalue weighted by atomic mass is 9.90. The number of allylic oxidation sites excluding steroid dienone is 4. The van der Waals surface area contributed by atoms with Crippen LogP contribution in [0.5, 0.6) is 46.0 Å². The van der Waals surface area contributed by atoms with Crippen LogP contribution in [0.15, 0.2) is 149 Å². The van der Waals surface area contributed by atoms with Crippen molar-refractivity contribution in [2.75, 3.05) is 131 Å². The van der Waals surface area contributed by atoms with Crippen LogP contribution in [0.3, 0.4) is 0 Å². The van der Waals surface area contributed by atoms with Gasteiger partial charge in [0.2, 0.25) is 23.8 Å². The van der Waals surface area contributed by atoms with Gasteiger partial charge < -0.3 is 78.1 Å². The fraction of sp³-hybridized carbons (Fsp3) is 0.390. The summed E-state index contributed by atoms with van der Waals surface area (Å²) in [5.74, 6) is 2.28. The second-order valence-electron chi connectivity index (χ2n) is 35.4. The van der Waals surface area contributed by atoms with Gasteiger partial charge in [0, 0.05) is 156 Å². The van der Waals surface area contributed by atoms with Gasteiger partial charge in [-0.25, -0.2) is 57.4 Å². The van der Waals surface area contributed by atoms with Crippen molar-refractivity contribution in [3.05, 3.63) is 194 Å². The molecule has 4 aliphatic heterocycles. The van der Waals surface area contributed by atoms with Crippen LogP contribution in [0.4, 0.5) is 41.4 Å². The highest BCUT2D eigenvalue weighted by Gasteiger charge is 2.39. The lowest BCUT2D eigenvalue weighted by Gasteiger charge is -2.31. The third-order valence-corrected chi connectivity index (χ3v) is 26.4. The molecule has 0 bridgehead atoms. The van der Waals surface area contributed by atoms with Gasteiger partial charge in [-0.2, -0.15) is 0 Å². The van der Waals surface area contributed by atoms with Crippen molar-refractivity contribution in [3.8, 4) is 91.0 Å². The van der Waals surface area contributed by atoms with E-state index in [1.165, 1.54) is 71.2 Å². The van der Waals surface area contributed by atoms with Crippen LogP contribution in [-0.2, 0) is 38.1 Å². The summed E-state index contributed by atoms with van der Waals surface area (Å²) in [6.45, 7) is 22.5. The fourth-order valence-electron chi connectivity index (χ4n) is 18.2. The first-order valence-corrected chi connectivity index (χ1v) is 47.2. The topological polar surface area (TPSA) is 382 Å². The number of fused-ring (bicyclic) bond motifs is 4. The van der Waals surface area contributed by atoms with E-state index in [0.717, 1.165) is 96.3 Å². The van der Waals surface area contributed by atoms with Crippen molar-refractivity contribution in [1.29, 1.82) is 0 Å². The highest BCUT2D eigenvalue weighted by atomic mass is 35.5. The number of nitrogens with zero attached hydrogens (tertiary/aromatic N) is 12. The number of carbonyl (C=O) groups is 4.